The number of amidine groups is 1. The van der Waals surface area contributed by atoms with Gasteiger partial charge in [0.05, 0.1) is 5.69 Å². The molecule has 3 N–H and O–H groups in total. The topological polar surface area (TPSA) is 87.1 Å². The number of anilines is 1. The molecule has 0 aromatic carbocycles. The Morgan fingerprint density at radius 2 is 2.40 bits per heavy atom. The van der Waals surface area contributed by atoms with Gasteiger partial charge in [-0.25, -0.2) is 4.98 Å². The molecule has 1 unspecified atom stereocenters. The lowest BCUT2D eigenvalue weighted by molar-refractivity contribution is 0.208. The van der Waals surface area contributed by atoms with Crippen molar-refractivity contribution >= 4 is 24.1 Å². The van der Waals surface area contributed by atoms with E-state index < -0.39 is 0 Å². The van der Waals surface area contributed by atoms with Crippen molar-refractivity contribution in [2.24, 2.45) is 21.6 Å². The number of piperidine rings is 1. The van der Waals surface area contributed by atoms with Gasteiger partial charge in [-0.2, -0.15) is 0 Å². The van der Waals surface area contributed by atoms with Crippen molar-refractivity contribution in [2.75, 3.05) is 31.6 Å². The summed E-state index contributed by atoms with van der Waals surface area (Å²) in [5, 5.41) is 9.31. The molecule has 0 radical (unpaired) electrons. The minimum Gasteiger partial charge on any atom is -0.396 e. The van der Waals surface area contributed by atoms with E-state index in [2.05, 4.69) is 26.6 Å². The standard InChI is InChI=1S/C14H21N5O/c1-16-11-5-6-12(18-13(11)14(15)17-2)19-7-3-4-10(8-19)9-20/h5-6,10,20H,1,3-4,7-9H2,2H3,(H2,15,17). The quantitative estimate of drug-likeness (QED) is 0.633. The largest absolute Gasteiger partial charge is 0.396 e. The molecule has 6 nitrogen and oxygen atoms in total. The lowest BCUT2D eigenvalue weighted by Crippen LogP contribution is -2.37. The number of hydrogen-bond donors (Lipinski definition) is 2. The normalized spacial score (nSPS) is 20.0. The fraction of sp³-hybridized carbons (Fsp3) is 0.500. The Morgan fingerprint density at radius 1 is 1.60 bits per heavy atom. The van der Waals surface area contributed by atoms with Crippen LogP contribution in [0.4, 0.5) is 11.5 Å². The van der Waals surface area contributed by atoms with Crippen molar-refractivity contribution < 1.29 is 5.11 Å². The summed E-state index contributed by atoms with van der Waals surface area (Å²) in [6.07, 6.45) is 2.12. The molecule has 0 aliphatic carbocycles. The minimum atomic E-state index is 0.216. The Morgan fingerprint density at radius 3 is 3.05 bits per heavy atom. The molecular weight excluding hydrogens is 254 g/mol. The van der Waals surface area contributed by atoms with Crippen LogP contribution < -0.4 is 10.6 Å². The molecule has 6 heteroatoms. The Labute approximate surface area is 119 Å². The van der Waals surface area contributed by atoms with Gasteiger partial charge in [0.25, 0.3) is 0 Å². The lowest BCUT2D eigenvalue weighted by Gasteiger charge is -2.33. The summed E-state index contributed by atoms with van der Waals surface area (Å²) >= 11 is 0. The first kappa shape index (κ1) is 14.5. The SMILES string of the molecule is C=Nc1ccc(N2CCCC(CO)C2)nc1C(N)=NC. The molecule has 0 amide bonds. The number of aliphatic hydroxyl groups excluding tert-OH is 1. The van der Waals surface area contributed by atoms with Crippen molar-refractivity contribution in [3.63, 3.8) is 0 Å². The highest BCUT2D eigenvalue weighted by atomic mass is 16.3. The zero-order chi connectivity index (χ0) is 14.5. The van der Waals surface area contributed by atoms with Crippen LogP contribution in [0.15, 0.2) is 22.1 Å². The van der Waals surface area contributed by atoms with Gasteiger partial charge in [0.1, 0.15) is 17.3 Å². The first-order valence-corrected chi connectivity index (χ1v) is 6.75. The van der Waals surface area contributed by atoms with Crippen LogP contribution in [0.5, 0.6) is 0 Å². The van der Waals surface area contributed by atoms with Crippen LogP contribution in [0.25, 0.3) is 0 Å². The van der Waals surface area contributed by atoms with Crippen molar-refractivity contribution in [2.45, 2.75) is 12.8 Å². The average molecular weight is 275 g/mol. The molecule has 1 aliphatic rings. The summed E-state index contributed by atoms with van der Waals surface area (Å²) in [6.45, 7) is 5.50. The number of nitrogens with two attached hydrogens (primary N) is 1. The van der Waals surface area contributed by atoms with Gasteiger partial charge < -0.3 is 15.7 Å². The van der Waals surface area contributed by atoms with Crippen LogP contribution in [0.2, 0.25) is 0 Å². The fourth-order valence-corrected chi connectivity index (χ4v) is 2.46. The van der Waals surface area contributed by atoms with Gasteiger partial charge in [0.2, 0.25) is 0 Å². The van der Waals surface area contributed by atoms with Crippen LogP contribution in [-0.4, -0.2) is 49.4 Å². The third-order valence-corrected chi connectivity index (χ3v) is 3.61. The van der Waals surface area contributed by atoms with Gasteiger partial charge in [-0.3, -0.25) is 9.98 Å². The fourth-order valence-electron chi connectivity index (χ4n) is 2.46. The molecule has 1 aromatic heterocycles. The van der Waals surface area contributed by atoms with Crippen molar-refractivity contribution in [1.29, 1.82) is 0 Å². The lowest BCUT2D eigenvalue weighted by atomic mass is 9.99. The van der Waals surface area contributed by atoms with Gasteiger partial charge >= 0.3 is 0 Å². The summed E-state index contributed by atoms with van der Waals surface area (Å²) in [6, 6.07) is 3.77. The first-order valence-electron chi connectivity index (χ1n) is 6.75. The maximum atomic E-state index is 9.31. The van der Waals surface area contributed by atoms with Crippen LogP contribution in [0.3, 0.4) is 0 Å². The Hall–Kier alpha value is -1.95. The smallest absolute Gasteiger partial charge is 0.146 e. The number of nitrogens with zero attached hydrogens (tertiary/aromatic N) is 4. The number of rotatable bonds is 4. The number of hydrogen-bond acceptors (Lipinski definition) is 5. The molecule has 0 bridgehead atoms. The highest BCUT2D eigenvalue weighted by molar-refractivity contribution is 6.00. The van der Waals surface area contributed by atoms with Crippen LogP contribution in [0, 0.1) is 5.92 Å². The molecule has 108 valence electrons. The van der Waals surface area contributed by atoms with Gasteiger partial charge in [0, 0.05) is 26.7 Å². The summed E-state index contributed by atoms with van der Waals surface area (Å²) in [5.41, 5.74) is 7.06. The Balaban J connectivity index is 2.31. The molecule has 1 aromatic rings. The Kier molecular flexibility index (Phi) is 4.68. The average Bonchev–Trinajstić information content (AvgIpc) is 2.53. The Bertz CT molecular complexity index is 514. The van der Waals surface area contributed by atoms with Gasteiger partial charge in [-0.1, -0.05) is 0 Å². The molecule has 1 fully saturated rings. The van der Waals surface area contributed by atoms with E-state index in [1.807, 2.05) is 12.1 Å². The highest BCUT2D eigenvalue weighted by Gasteiger charge is 2.21. The van der Waals surface area contributed by atoms with Crippen molar-refractivity contribution in [3.05, 3.63) is 17.8 Å². The van der Waals surface area contributed by atoms with Gasteiger partial charge in [-0.05, 0) is 37.6 Å². The predicted molar refractivity (Wildman–Crippen MR) is 82.1 cm³/mol. The first-order chi connectivity index (χ1) is 9.69. The number of aromatic nitrogens is 1. The maximum Gasteiger partial charge on any atom is 0.146 e. The van der Waals surface area contributed by atoms with Gasteiger partial charge in [-0.15, -0.1) is 0 Å². The molecular formula is C14H21N5O. The van der Waals surface area contributed by atoms with Crippen LogP contribution in [-0.2, 0) is 0 Å². The highest BCUT2D eigenvalue weighted by Crippen LogP contribution is 2.25. The van der Waals surface area contributed by atoms with E-state index >= 15 is 0 Å². The maximum absolute atomic E-state index is 9.31. The van der Waals surface area contributed by atoms with Crippen molar-refractivity contribution in [1.82, 2.24) is 4.98 Å². The number of aliphatic hydroxyl groups is 1. The van der Waals surface area contributed by atoms with Crippen molar-refractivity contribution in [3.8, 4) is 0 Å². The predicted octanol–water partition coefficient (Wildman–Crippen LogP) is 0.958. The number of pyridine rings is 1. The van der Waals surface area contributed by atoms with Crippen LogP contribution in [0.1, 0.15) is 18.5 Å². The van der Waals surface area contributed by atoms with E-state index in [1.54, 1.807) is 7.05 Å². The number of aliphatic imine (C=N–C) groups is 2. The molecule has 2 rings (SSSR count). The molecule has 0 saturated carbocycles. The molecule has 1 saturated heterocycles. The molecule has 1 atom stereocenters. The summed E-state index contributed by atoms with van der Waals surface area (Å²) in [7, 11) is 1.62. The summed E-state index contributed by atoms with van der Waals surface area (Å²) < 4.78 is 0. The second-order valence-corrected chi connectivity index (χ2v) is 4.94. The van der Waals surface area contributed by atoms with E-state index in [0.29, 0.717) is 23.1 Å². The summed E-state index contributed by atoms with van der Waals surface area (Å²) in [5.74, 6) is 1.51. The molecule has 2 heterocycles. The van der Waals surface area contributed by atoms with E-state index in [0.717, 1.165) is 31.7 Å². The van der Waals surface area contributed by atoms with E-state index in [9.17, 15) is 5.11 Å². The van der Waals surface area contributed by atoms with E-state index in [1.165, 1.54) is 0 Å². The van der Waals surface area contributed by atoms with Crippen LogP contribution >= 0.6 is 0 Å². The third-order valence-electron chi connectivity index (χ3n) is 3.61. The monoisotopic (exact) mass is 275 g/mol. The zero-order valence-corrected chi connectivity index (χ0v) is 11.8. The molecule has 20 heavy (non-hydrogen) atoms. The second-order valence-electron chi connectivity index (χ2n) is 4.94. The van der Waals surface area contributed by atoms with E-state index in [-0.39, 0.29) is 6.61 Å². The molecule has 0 spiro atoms. The summed E-state index contributed by atoms with van der Waals surface area (Å²) in [4.78, 5) is 14.6. The minimum absolute atomic E-state index is 0.216. The van der Waals surface area contributed by atoms with E-state index in [4.69, 9.17) is 5.73 Å². The third kappa shape index (κ3) is 2.96. The second kappa shape index (κ2) is 6.47. The van der Waals surface area contributed by atoms with Gasteiger partial charge in [0.15, 0.2) is 0 Å². The zero-order valence-electron chi connectivity index (χ0n) is 11.8. The molecule has 1 aliphatic heterocycles.